The second-order valence-corrected chi connectivity index (χ2v) is 5.37. The molecule has 3 heteroatoms. The Morgan fingerprint density at radius 2 is 2.00 bits per heavy atom. The third kappa shape index (κ3) is 3.95. The van der Waals surface area contributed by atoms with Gasteiger partial charge in [-0.3, -0.25) is 0 Å². The summed E-state index contributed by atoms with van der Waals surface area (Å²) in [5.74, 6) is 0. The lowest BCUT2D eigenvalue weighted by molar-refractivity contribution is 0.0999. The van der Waals surface area contributed by atoms with Gasteiger partial charge in [0.2, 0.25) is 0 Å². The Morgan fingerprint density at radius 3 is 2.50 bits per heavy atom. The molecule has 3 nitrogen and oxygen atoms in total. The van der Waals surface area contributed by atoms with E-state index < -0.39 is 0 Å². The first kappa shape index (κ1) is 12.0. The fourth-order valence-electron chi connectivity index (χ4n) is 1.77. The average molecular weight is 199 g/mol. The van der Waals surface area contributed by atoms with Crippen LogP contribution in [0.1, 0.15) is 27.2 Å². The van der Waals surface area contributed by atoms with Crippen LogP contribution in [0.15, 0.2) is 0 Å². The molecule has 0 aromatic heterocycles. The number of rotatable bonds is 3. The van der Waals surface area contributed by atoms with Crippen LogP contribution in [-0.4, -0.2) is 54.6 Å². The largest absolute Gasteiger partial charge is 0.326 e. The highest BCUT2D eigenvalue weighted by Gasteiger charge is 2.21. The lowest BCUT2D eigenvalue weighted by Crippen LogP contribution is -2.51. The maximum atomic E-state index is 5.98. The minimum Gasteiger partial charge on any atom is -0.326 e. The molecule has 0 amide bonds. The predicted molar refractivity (Wildman–Crippen MR) is 61.4 cm³/mol. The molecule has 0 aliphatic carbocycles. The van der Waals surface area contributed by atoms with Crippen molar-refractivity contribution in [1.82, 2.24) is 9.80 Å². The Morgan fingerprint density at radius 1 is 1.36 bits per heavy atom. The van der Waals surface area contributed by atoms with Gasteiger partial charge < -0.3 is 15.5 Å². The Hall–Kier alpha value is -0.120. The Bertz CT molecular complexity index is 174. The van der Waals surface area contributed by atoms with Crippen molar-refractivity contribution in [3.05, 3.63) is 0 Å². The van der Waals surface area contributed by atoms with Crippen molar-refractivity contribution in [1.29, 1.82) is 0 Å². The summed E-state index contributed by atoms with van der Waals surface area (Å²) >= 11 is 0. The van der Waals surface area contributed by atoms with Crippen LogP contribution in [-0.2, 0) is 0 Å². The number of likely N-dealkylation sites (N-methyl/N-ethyl adjacent to an activating group) is 1. The second-order valence-electron chi connectivity index (χ2n) is 5.37. The number of piperazine rings is 1. The fourth-order valence-corrected chi connectivity index (χ4v) is 1.77. The van der Waals surface area contributed by atoms with E-state index >= 15 is 0 Å². The van der Waals surface area contributed by atoms with Crippen molar-refractivity contribution in [3.63, 3.8) is 0 Å². The number of nitrogens with two attached hydrogens (primary N) is 1. The normalized spacial score (nSPS) is 26.8. The first-order valence-electron chi connectivity index (χ1n) is 5.60. The van der Waals surface area contributed by atoms with Crippen molar-refractivity contribution in [2.45, 2.75) is 38.8 Å². The summed E-state index contributed by atoms with van der Waals surface area (Å²) in [6, 6.07) is 0.685. The van der Waals surface area contributed by atoms with Crippen LogP contribution in [0.25, 0.3) is 0 Å². The van der Waals surface area contributed by atoms with Crippen LogP contribution in [0, 0.1) is 0 Å². The van der Waals surface area contributed by atoms with E-state index in [0.717, 1.165) is 13.0 Å². The monoisotopic (exact) mass is 199 g/mol. The summed E-state index contributed by atoms with van der Waals surface area (Å²) in [6.07, 6.45) is 1.09. The molecule has 0 bridgehead atoms. The molecule has 14 heavy (non-hydrogen) atoms. The van der Waals surface area contributed by atoms with Gasteiger partial charge in [0.1, 0.15) is 0 Å². The zero-order valence-corrected chi connectivity index (χ0v) is 10.1. The minimum atomic E-state index is -0.0212. The van der Waals surface area contributed by atoms with Gasteiger partial charge in [0.25, 0.3) is 0 Å². The van der Waals surface area contributed by atoms with Gasteiger partial charge in [-0.05, 0) is 40.8 Å². The summed E-state index contributed by atoms with van der Waals surface area (Å²) in [6.45, 7) is 11.2. The van der Waals surface area contributed by atoms with E-state index in [1.165, 1.54) is 19.6 Å². The fraction of sp³-hybridized carbons (Fsp3) is 1.00. The molecule has 1 aliphatic heterocycles. The van der Waals surface area contributed by atoms with E-state index in [-0.39, 0.29) is 5.54 Å². The van der Waals surface area contributed by atoms with E-state index in [0.29, 0.717) is 6.04 Å². The van der Waals surface area contributed by atoms with Crippen molar-refractivity contribution >= 4 is 0 Å². The van der Waals surface area contributed by atoms with Gasteiger partial charge in [-0.2, -0.15) is 0 Å². The molecule has 2 N–H and O–H groups in total. The lowest BCUT2D eigenvalue weighted by atomic mass is 10.0. The van der Waals surface area contributed by atoms with Crippen LogP contribution in [0.2, 0.25) is 0 Å². The van der Waals surface area contributed by atoms with E-state index in [2.05, 4.69) is 37.6 Å². The van der Waals surface area contributed by atoms with E-state index in [4.69, 9.17) is 5.73 Å². The molecule has 84 valence electrons. The lowest BCUT2D eigenvalue weighted by Gasteiger charge is -2.38. The van der Waals surface area contributed by atoms with Crippen molar-refractivity contribution in [3.8, 4) is 0 Å². The van der Waals surface area contributed by atoms with Crippen molar-refractivity contribution < 1.29 is 0 Å². The number of nitrogens with zero attached hydrogens (tertiary/aromatic N) is 2. The maximum Gasteiger partial charge on any atom is 0.0192 e. The summed E-state index contributed by atoms with van der Waals surface area (Å²) in [5, 5.41) is 0. The summed E-state index contributed by atoms with van der Waals surface area (Å²) in [4.78, 5) is 4.95. The standard InChI is InChI=1S/C11H25N3/c1-10-9-14(8-7-13(10)4)6-5-11(2,3)12/h10H,5-9,12H2,1-4H3. The van der Waals surface area contributed by atoms with Gasteiger partial charge in [-0.15, -0.1) is 0 Å². The highest BCUT2D eigenvalue weighted by Crippen LogP contribution is 2.10. The van der Waals surface area contributed by atoms with Gasteiger partial charge in [-0.25, -0.2) is 0 Å². The van der Waals surface area contributed by atoms with Gasteiger partial charge in [0.15, 0.2) is 0 Å². The number of hydrogen-bond acceptors (Lipinski definition) is 3. The van der Waals surface area contributed by atoms with E-state index in [1.54, 1.807) is 0 Å². The smallest absolute Gasteiger partial charge is 0.0192 e. The molecular formula is C11H25N3. The number of hydrogen-bond donors (Lipinski definition) is 1. The molecule has 0 aromatic carbocycles. The first-order chi connectivity index (χ1) is 6.38. The summed E-state index contributed by atoms with van der Waals surface area (Å²) in [7, 11) is 2.20. The zero-order valence-electron chi connectivity index (χ0n) is 10.1. The first-order valence-corrected chi connectivity index (χ1v) is 5.60. The third-order valence-electron chi connectivity index (χ3n) is 3.12. The molecule has 1 rings (SSSR count). The summed E-state index contributed by atoms with van der Waals surface area (Å²) < 4.78 is 0. The Labute approximate surface area is 88.2 Å². The molecule has 1 unspecified atom stereocenters. The van der Waals surface area contributed by atoms with Crippen LogP contribution >= 0.6 is 0 Å². The van der Waals surface area contributed by atoms with Crippen LogP contribution in [0.5, 0.6) is 0 Å². The van der Waals surface area contributed by atoms with E-state index in [1.807, 2.05) is 0 Å². The molecule has 1 aliphatic rings. The second kappa shape index (κ2) is 4.60. The van der Waals surface area contributed by atoms with E-state index in [9.17, 15) is 0 Å². The summed E-state index contributed by atoms with van der Waals surface area (Å²) in [5.41, 5.74) is 5.96. The van der Waals surface area contributed by atoms with Gasteiger partial charge >= 0.3 is 0 Å². The highest BCUT2D eigenvalue weighted by atomic mass is 15.3. The molecule has 1 fully saturated rings. The van der Waals surface area contributed by atoms with Crippen LogP contribution in [0.4, 0.5) is 0 Å². The molecule has 0 radical (unpaired) electrons. The van der Waals surface area contributed by atoms with Crippen molar-refractivity contribution in [2.75, 3.05) is 33.2 Å². The molecule has 0 spiro atoms. The van der Waals surface area contributed by atoms with Gasteiger partial charge in [0, 0.05) is 31.2 Å². The average Bonchev–Trinajstić information content (AvgIpc) is 2.06. The Balaban J connectivity index is 2.27. The maximum absolute atomic E-state index is 5.98. The highest BCUT2D eigenvalue weighted by molar-refractivity contribution is 4.80. The minimum absolute atomic E-state index is 0.0212. The van der Waals surface area contributed by atoms with Gasteiger partial charge in [0.05, 0.1) is 0 Å². The van der Waals surface area contributed by atoms with Gasteiger partial charge in [-0.1, -0.05) is 0 Å². The quantitative estimate of drug-likeness (QED) is 0.728. The predicted octanol–water partition coefficient (Wildman–Crippen LogP) is 0.750. The molecule has 1 heterocycles. The third-order valence-corrected chi connectivity index (χ3v) is 3.12. The molecular weight excluding hydrogens is 174 g/mol. The molecule has 1 atom stereocenters. The molecule has 1 saturated heterocycles. The van der Waals surface area contributed by atoms with Crippen molar-refractivity contribution in [2.24, 2.45) is 5.73 Å². The topological polar surface area (TPSA) is 32.5 Å². The van der Waals surface area contributed by atoms with Crippen LogP contribution in [0.3, 0.4) is 0 Å². The Kier molecular flexibility index (Phi) is 3.93. The molecule has 0 aromatic rings. The molecule has 0 saturated carbocycles. The SMILES string of the molecule is CC1CN(CCC(C)(C)N)CCN1C. The van der Waals surface area contributed by atoms with Crippen LogP contribution < -0.4 is 5.73 Å². The zero-order chi connectivity index (χ0) is 10.8.